The van der Waals surface area contributed by atoms with Crippen LogP contribution in [0.5, 0.6) is 5.75 Å². The van der Waals surface area contributed by atoms with Crippen LogP contribution in [0.15, 0.2) is 143 Å². The van der Waals surface area contributed by atoms with Crippen LogP contribution in [0.4, 0.5) is 17.1 Å². The fraction of sp³-hybridized carbons (Fsp3) is 0.103. The van der Waals surface area contributed by atoms with Crippen molar-refractivity contribution in [3.63, 3.8) is 0 Å². The van der Waals surface area contributed by atoms with Gasteiger partial charge in [-0.05, 0) is 113 Å². The van der Waals surface area contributed by atoms with Crippen LogP contribution in [0, 0.1) is 5.92 Å². The van der Waals surface area contributed by atoms with Crippen LogP contribution in [0.25, 0.3) is 0 Å². The Bertz CT molecular complexity index is 2380. The number of amides is 3. The molecule has 0 bridgehead atoms. The lowest BCUT2D eigenvalue weighted by molar-refractivity contribution is -0.121. The Morgan fingerprint density at radius 2 is 1.22 bits per heavy atom. The second-order valence-electron chi connectivity index (χ2n) is 12.1. The van der Waals surface area contributed by atoms with Gasteiger partial charge in [-0.3, -0.25) is 14.4 Å². The number of phenolic OH excluding ortho intramolecular Hbond substituents is 1. The number of carbonyl (C=O) groups excluding carboxylic acids is 3. The molecule has 6 N–H and O–H groups in total. The van der Waals surface area contributed by atoms with Crippen LogP contribution in [0.1, 0.15) is 10.4 Å². The lowest BCUT2D eigenvalue weighted by Crippen LogP contribution is -2.41. The van der Waals surface area contributed by atoms with Crippen LogP contribution in [0.3, 0.4) is 0 Å². The van der Waals surface area contributed by atoms with Crippen molar-refractivity contribution >= 4 is 175 Å². The normalized spacial score (nSPS) is 19.1. The summed E-state index contributed by atoms with van der Waals surface area (Å²) < 4.78 is 0.451. The molecule has 3 unspecified atom stereocenters. The van der Waals surface area contributed by atoms with Crippen LogP contribution < -0.4 is 16.0 Å². The Kier molecular flexibility index (Phi) is 18.2. The van der Waals surface area contributed by atoms with Gasteiger partial charge in [0, 0.05) is 46.1 Å². The van der Waals surface area contributed by atoms with Gasteiger partial charge < -0.3 is 31.3 Å². The van der Waals surface area contributed by atoms with Crippen LogP contribution in [-0.4, -0.2) is 48.5 Å². The molecule has 20 heteroatoms. The molecule has 0 radical (unpaired) electrons. The van der Waals surface area contributed by atoms with Gasteiger partial charge >= 0.3 is 0 Å². The molecule has 0 saturated carbocycles. The van der Waals surface area contributed by atoms with Crippen LogP contribution in [0.2, 0.25) is 10.0 Å². The first-order chi connectivity index (χ1) is 27.6. The average Bonchev–Trinajstić information content (AvgIpc) is 3.14. The molecule has 2 aliphatic carbocycles. The van der Waals surface area contributed by atoms with Gasteiger partial charge in [0.1, 0.15) is 17.8 Å². The van der Waals surface area contributed by atoms with Gasteiger partial charge in [-0.15, -0.1) is 0 Å². The summed E-state index contributed by atoms with van der Waals surface area (Å²) in [7, 11) is 0. The minimum Gasteiger partial charge on any atom is -0.506 e. The highest BCUT2D eigenvalue weighted by Crippen LogP contribution is 2.41. The number of rotatable bonds is 6. The number of carbonyl (C=O) groups is 3. The van der Waals surface area contributed by atoms with Crippen molar-refractivity contribution in [3.8, 4) is 5.75 Å². The molecule has 4 aromatic carbocycles. The fourth-order valence-electron chi connectivity index (χ4n) is 4.89. The van der Waals surface area contributed by atoms with Crippen molar-refractivity contribution in [1.82, 2.24) is 0 Å². The quantitative estimate of drug-likeness (QED) is 0.106. The van der Waals surface area contributed by atoms with E-state index >= 15 is 0 Å². The number of benzene rings is 4. The van der Waals surface area contributed by atoms with Gasteiger partial charge in [-0.25, -0.2) is 0 Å². The summed E-state index contributed by atoms with van der Waals surface area (Å²) >= 11 is 56.6. The van der Waals surface area contributed by atoms with Gasteiger partial charge in [-0.2, -0.15) is 0 Å². The summed E-state index contributed by atoms with van der Waals surface area (Å²) in [6.45, 7) is 0. The highest BCUT2D eigenvalue weighted by molar-refractivity contribution is 9.11. The van der Waals surface area contributed by atoms with Crippen LogP contribution >= 0.6 is 141 Å². The third-order valence-electron chi connectivity index (χ3n) is 7.71. The number of aliphatic hydroxyl groups excluding tert-OH is 1. The standard InChI is InChI=1S/C13H8Br3NO2.2C13H9Cl4NO2/c14-7-1-3-9(4-2-7)17-13(19)10-5-8(15)6-11(16)12(10)18;14-7-2-1-3-9(4-7)18-12(20)10-5-8(15)6-13(16,17)11(10)19;14-7-2-1-3-9(4-7)18-12(19)10-5-8(15)6-11(16)13(10,17)20/h1-6,18H,(H,17,19);1-6,11,19H,(H,18,20);1-6,10,20H,(H,18,19). The van der Waals surface area contributed by atoms with E-state index in [1.54, 1.807) is 72.8 Å². The van der Waals surface area contributed by atoms with E-state index in [9.17, 15) is 29.7 Å². The van der Waals surface area contributed by atoms with E-state index < -0.39 is 33.2 Å². The van der Waals surface area contributed by atoms with Crippen molar-refractivity contribution in [2.45, 2.75) is 15.5 Å². The number of hydrogen-bond donors (Lipinski definition) is 6. The van der Waals surface area contributed by atoms with E-state index in [1.165, 1.54) is 24.3 Å². The number of aromatic hydroxyl groups is 1. The first kappa shape index (κ1) is 49.4. The SMILES string of the molecule is O=C(Nc1ccc(Br)cc1)c1cc(Br)cc(Br)c1O.O=C(Nc1cccc(Cl)c1)C1=CC(Cl)=CC(Cl)(Cl)C1O.O=C(Nc1cccc(Cl)c1)C1C=C(Cl)C=C(Cl)C1(O)Cl. The number of anilines is 3. The monoisotopic (exact) mass is 1150 g/mol. The van der Waals surface area contributed by atoms with Crippen molar-refractivity contribution in [1.29, 1.82) is 0 Å². The Balaban J connectivity index is 0.000000196. The topological polar surface area (TPSA) is 148 Å². The Morgan fingerprint density at radius 3 is 1.80 bits per heavy atom. The molecule has 0 spiro atoms. The number of halogens is 11. The second-order valence-corrected chi connectivity index (χ2v) is 19.0. The Morgan fingerprint density at radius 1 is 0.661 bits per heavy atom. The molecule has 310 valence electrons. The number of allylic oxidation sites excluding steroid dienone is 4. The number of hydrogen-bond acceptors (Lipinski definition) is 6. The third-order valence-corrected chi connectivity index (χ3v) is 11.8. The molecule has 3 amide bonds. The molecule has 0 aromatic heterocycles. The summed E-state index contributed by atoms with van der Waals surface area (Å²) in [6.07, 6.45) is 3.82. The van der Waals surface area contributed by atoms with Crippen molar-refractivity contribution in [2.75, 3.05) is 16.0 Å². The van der Waals surface area contributed by atoms with E-state index in [0.717, 1.165) is 4.47 Å². The van der Waals surface area contributed by atoms with Gasteiger partial charge in [0.2, 0.25) is 5.91 Å². The first-order valence-corrected chi connectivity index (χ1v) is 21.7. The minimum atomic E-state index is -2.03. The van der Waals surface area contributed by atoms with Gasteiger partial charge in [0.15, 0.2) is 9.39 Å². The van der Waals surface area contributed by atoms with Crippen molar-refractivity contribution in [2.24, 2.45) is 5.92 Å². The average molecular weight is 1160 g/mol. The molecule has 9 nitrogen and oxygen atoms in total. The number of aliphatic hydroxyl groups is 2. The first-order valence-electron chi connectivity index (χ1n) is 16.3. The Hall–Kier alpha value is -2.27. The maximum atomic E-state index is 12.2. The van der Waals surface area contributed by atoms with E-state index in [-0.39, 0.29) is 37.9 Å². The zero-order valence-corrected chi connectivity index (χ0v) is 40.1. The number of phenols is 1. The lowest BCUT2D eigenvalue weighted by Gasteiger charge is -2.30. The maximum Gasteiger partial charge on any atom is 0.259 e. The summed E-state index contributed by atoms with van der Waals surface area (Å²) in [5.41, 5.74) is 1.79. The predicted molar refractivity (Wildman–Crippen MR) is 250 cm³/mol. The summed E-state index contributed by atoms with van der Waals surface area (Å²) in [5.74, 6) is -2.68. The van der Waals surface area contributed by atoms with E-state index in [4.69, 9.17) is 92.8 Å². The van der Waals surface area contributed by atoms with Gasteiger partial charge in [-0.1, -0.05) is 137 Å². The van der Waals surface area contributed by atoms with Crippen LogP contribution in [-0.2, 0) is 9.59 Å². The van der Waals surface area contributed by atoms with E-state index in [0.29, 0.717) is 36.1 Å². The van der Waals surface area contributed by atoms with Crippen molar-refractivity contribution < 1.29 is 29.7 Å². The molecular weight excluding hydrogens is 1130 g/mol. The van der Waals surface area contributed by atoms with Gasteiger partial charge in [0.25, 0.3) is 11.8 Å². The molecule has 59 heavy (non-hydrogen) atoms. The number of nitrogens with one attached hydrogen (secondary N) is 3. The third kappa shape index (κ3) is 14.1. The number of alkyl halides is 3. The molecule has 6 rings (SSSR count). The zero-order chi connectivity index (χ0) is 43.8. The molecule has 3 atom stereocenters. The smallest absolute Gasteiger partial charge is 0.259 e. The van der Waals surface area contributed by atoms with E-state index in [2.05, 4.69) is 63.7 Å². The summed E-state index contributed by atoms with van der Waals surface area (Å²) in [4.78, 5) is 36.4. The van der Waals surface area contributed by atoms with Crippen molar-refractivity contribution in [3.05, 3.63) is 159 Å². The van der Waals surface area contributed by atoms with Gasteiger partial charge in [0.05, 0.1) is 20.6 Å². The maximum absolute atomic E-state index is 12.2. The second kappa shape index (κ2) is 21.7. The highest BCUT2D eigenvalue weighted by Gasteiger charge is 2.44. The highest BCUT2D eigenvalue weighted by atomic mass is 79.9. The molecule has 0 aliphatic heterocycles. The molecular formula is C39H26Br3Cl8N3O6. The fourth-order valence-corrected chi connectivity index (χ4v) is 8.38. The lowest BCUT2D eigenvalue weighted by atomic mass is 9.95. The molecule has 2 aliphatic rings. The molecule has 0 fully saturated rings. The summed E-state index contributed by atoms with van der Waals surface area (Å²) in [5, 5.41) is 37.1. The van der Waals surface area contributed by atoms with E-state index in [1.807, 2.05) is 12.1 Å². The largest absolute Gasteiger partial charge is 0.506 e. The molecule has 0 saturated heterocycles. The zero-order valence-electron chi connectivity index (χ0n) is 29.3. The predicted octanol–water partition coefficient (Wildman–Crippen LogP) is 12.9. The minimum absolute atomic E-state index is 0.0255. The molecule has 0 heterocycles. The summed E-state index contributed by atoms with van der Waals surface area (Å²) in [6, 6.07) is 23.6. The Labute approximate surface area is 403 Å². The molecule has 4 aromatic rings.